The first-order valence-corrected chi connectivity index (χ1v) is 7.47. The van der Waals surface area contributed by atoms with Gasteiger partial charge in [-0.15, -0.1) is 0 Å². The van der Waals surface area contributed by atoms with Crippen LogP contribution in [0.2, 0.25) is 0 Å². The molecule has 20 heavy (non-hydrogen) atoms. The molecule has 1 aliphatic heterocycles. The minimum Gasteiger partial charge on any atom is -0.312 e. The van der Waals surface area contributed by atoms with Crippen molar-refractivity contribution in [3.8, 4) is 0 Å². The van der Waals surface area contributed by atoms with Crippen LogP contribution in [0.15, 0.2) is 48.2 Å². The number of unbranched alkanes of at least 4 members (excludes halogenated alkanes) is 3. The Bertz CT molecular complexity index is 501. The summed E-state index contributed by atoms with van der Waals surface area (Å²) in [6.07, 6.45) is 7.50. The Morgan fingerprint density at radius 3 is 2.65 bits per heavy atom. The van der Waals surface area contributed by atoms with Gasteiger partial charge in [0.2, 0.25) is 0 Å². The van der Waals surface area contributed by atoms with E-state index in [0.717, 1.165) is 24.2 Å². The van der Waals surface area contributed by atoms with Crippen molar-refractivity contribution in [1.82, 2.24) is 4.90 Å². The predicted octanol–water partition coefficient (Wildman–Crippen LogP) is 4.40. The molecule has 2 nitrogen and oxygen atoms in total. The first kappa shape index (κ1) is 14.6. The molecular weight excluding hydrogens is 246 g/mol. The van der Waals surface area contributed by atoms with Crippen LogP contribution in [0.4, 0.5) is 0 Å². The van der Waals surface area contributed by atoms with Gasteiger partial charge in [-0.3, -0.25) is 4.79 Å². The zero-order chi connectivity index (χ0) is 14.4. The fourth-order valence-corrected chi connectivity index (χ4v) is 2.52. The molecule has 0 aromatic heterocycles. The molecular formula is C18H23NO. The van der Waals surface area contributed by atoms with Crippen molar-refractivity contribution >= 4 is 12.0 Å². The molecule has 0 aliphatic carbocycles. The normalized spacial score (nSPS) is 17.2. The van der Waals surface area contributed by atoms with Crippen LogP contribution >= 0.6 is 0 Å². The molecule has 0 N–H and O–H groups in total. The van der Waals surface area contributed by atoms with Crippen molar-refractivity contribution in [3.05, 3.63) is 53.7 Å². The quantitative estimate of drug-likeness (QED) is 0.554. The third-order valence-corrected chi connectivity index (χ3v) is 3.66. The van der Waals surface area contributed by atoms with Crippen LogP contribution in [-0.4, -0.2) is 17.4 Å². The summed E-state index contributed by atoms with van der Waals surface area (Å²) in [4.78, 5) is 14.1. The smallest absolute Gasteiger partial charge is 0.253 e. The van der Waals surface area contributed by atoms with E-state index in [9.17, 15) is 4.79 Å². The highest BCUT2D eigenvalue weighted by Crippen LogP contribution is 2.28. The molecule has 0 spiro atoms. The molecule has 0 atom stereocenters. The third kappa shape index (κ3) is 3.60. The number of benzene rings is 1. The van der Waals surface area contributed by atoms with E-state index in [1.54, 1.807) is 0 Å². The van der Waals surface area contributed by atoms with E-state index in [4.69, 9.17) is 0 Å². The molecule has 1 aromatic carbocycles. The number of allylic oxidation sites excluding steroid dienone is 1. The molecule has 0 radical (unpaired) electrons. The van der Waals surface area contributed by atoms with E-state index < -0.39 is 0 Å². The first-order chi connectivity index (χ1) is 9.72. The minimum absolute atomic E-state index is 0.101. The Morgan fingerprint density at radius 2 is 1.95 bits per heavy atom. The molecule has 2 rings (SSSR count). The average Bonchev–Trinajstić information content (AvgIpc) is 2.72. The van der Waals surface area contributed by atoms with Gasteiger partial charge in [0.15, 0.2) is 0 Å². The maximum Gasteiger partial charge on any atom is 0.253 e. The van der Waals surface area contributed by atoms with Crippen LogP contribution in [-0.2, 0) is 4.79 Å². The van der Waals surface area contributed by atoms with Crippen molar-refractivity contribution in [2.45, 2.75) is 39.0 Å². The summed E-state index contributed by atoms with van der Waals surface area (Å²) in [6, 6.07) is 10.2. The fourth-order valence-electron chi connectivity index (χ4n) is 2.52. The molecule has 0 saturated carbocycles. The maximum absolute atomic E-state index is 12.2. The van der Waals surface area contributed by atoms with E-state index in [0.29, 0.717) is 12.0 Å². The van der Waals surface area contributed by atoms with Gasteiger partial charge in [-0.2, -0.15) is 0 Å². The summed E-state index contributed by atoms with van der Waals surface area (Å²) in [7, 11) is 0. The van der Waals surface area contributed by atoms with Gasteiger partial charge in [-0.1, -0.05) is 63.1 Å². The zero-order valence-corrected chi connectivity index (χ0v) is 12.3. The Morgan fingerprint density at radius 1 is 1.20 bits per heavy atom. The summed E-state index contributed by atoms with van der Waals surface area (Å²) in [6.45, 7) is 6.90. The van der Waals surface area contributed by atoms with Gasteiger partial charge in [0, 0.05) is 24.2 Å². The standard InChI is InChI=1S/C18H23NO/c1-3-4-5-9-12-19-17(13-15(2)18(19)20)14-16-10-7-6-8-11-16/h6-8,10-11,14H,2-5,9,12-13H2,1H3/b17-14+. The van der Waals surface area contributed by atoms with E-state index in [-0.39, 0.29) is 5.91 Å². The summed E-state index contributed by atoms with van der Waals surface area (Å²) in [5.41, 5.74) is 2.94. The van der Waals surface area contributed by atoms with Crippen LogP contribution < -0.4 is 0 Å². The van der Waals surface area contributed by atoms with E-state index in [1.807, 2.05) is 23.1 Å². The van der Waals surface area contributed by atoms with E-state index >= 15 is 0 Å². The number of carbonyl (C=O) groups is 1. The molecule has 1 saturated heterocycles. The molecule has 0 unspecified atom stereocenters. The van der Waals surface area contributed by atoms with Gasteiger partial charge in [0.1, 0.15) is 0 Å². The number of amides is 1. The van der Waals surface area contributed by atoms with Crippen LogP contribution in [0.1, 0.15) is 44.6 Å². The Hall–Kier alpha value is -1.83. The second-order valence-electron chi connectivity index (χ2n) is 5.34. The molecule has 1 fully saturated rings. The predicted molar refractivity (Wildman–Crippen MR) is 84.0 cm³/mol. The Kier molecular flexibility index (Phi) is 5.16. The van der Waals surface area contributed by atoms with Gasteiger partial charge >= 0.3 is 0 Å². The van der Waals surface area contributed by atoms with Crippen LogP contribution in [0.3, 0.4) is 0 Å². The van der Waals surface area contributed by atoms with E-state index in [1.165, 1.54) is 19.3 Å². The highest BCUT2D eigenvalue weighted by molar-refractivity contribution is 5.98. The van der Waals surface area contributed by atoms with Crippen molar-refractivity contribution in [2.75, 3.05) is 6.54 Å². The van der Waals surface area contributed by atoms with Crippen LogP contribution in [0, 0.1) is 0 Å². The number of hydrogen-bond donors (Lipinski definition) is 0. The van der Waals surface area contributed by atoms with Gasteiger partial charge in [0.05, 0.1) is 0 Å². The highest BCUT2D eigenvalue weighted by atomic mass is 16.2. The summed E-state index contributed by atoms with van der Waals surface area (Å²) in [5, 5.41) is 0. The highest BCUT2D eigenvalue weighted by Gasteiger charge is 2.28. The maximum atomic E-state index is 12.2. The van der Waals surface area contributed by atoms with Crippen LogP contribution in [0.5, 0.6) is 0 Å². The lowest BCUT2D eigenvalue weighted by molar-refractivity contribution is -0.123. The zero-order valence-electron chi connectivity index (χ0n) is 12.3. The number of likely N-dealkylation sites (tertiary alicyclic amines) is 1. The molecule has 1 aliphatic rings. The lowest BCUT2D eigenvalue weighted by atomic mass is 10.1. The van der Waals surface area contributed by atoms with Crippen molar-refractivity contribution in [3.63, 3.8) is 0 Å². The average molecular weight is 269 g/mol. The second kappa shape index (κ2) is 7.09. The largest absolute Gasteiger partial charge is 0.312 e. The van der Waals surface area contributed by atoms with Crippen molar-refractivity contribution in [2.24, 2.45) is 0 Å². The summed E-state index contributed by atoms with van der Waals surface area (Å²) < 4.78 is 0. The summed E-state index contributed by atoms with van der Waals surface area (Å²) >= 11 is 0. The third-order valence-electron chi connectivity index (χ3n) is 3.66. The minimum atomic E-state index is 0.101. The number of rotatable bonds is 6. The van der Waals surface area contributed by atoms with Gasteiger partial charge < -0.3 is 4.90 Å². The lowest BCUT2D eigenvalue weighted by Gasteiger charge is -2.17. The SMILES string of the molecule is C=C1C/C(=C\c2ccccc2)N(CCCCCC)C1=O. The Labute approximate surface area is 121 Å². The Balaban J connectivity index is 2.07. The van der Waals surface area contributed by atoms with Gasteiger partial charge in [-0.05, 0) is 18.1 Å². The monoisotopic (exact) mass is 269 g/mol. The molecule has 1 heterocycles. The first-order valence-electron chi connectivity index (χ1n) is 7.47. The number of nitrogens with zero attached hydrogens (tertiary/aromatic N) is 1. The van der Waals surface area contributed by atoms with Gasteiger partial charge in [-0.25, -0.2) is 0 Å². The molecule has 1 amide bonds. The summed E-state index contributed by atoms with van der Waals surface area (Å²) in [5.74, 6) is 0.101. The topological polar surface area (TPSA) is 20.3 Å². The van der Waals surface area contributed by atoms with E-state index in [2.05, 4.69) is 31.7 Å². The van der Waals surface area contributed by atoms with Crippen molar-refractivity contribution < 1.29 is 4.79 Å². The molecule has 1 aromatic rings. The van der Waals surface area contributed by atoms with Crippen molar-refractivity contribution in [1.29, 1.82) is 0 Å². The number of hydrogen-bond acceptors (Lipinski definition) is 1. The molecule has 106 valence electrons. The van der Waals surface area contributed by atoms with Crippen LogP contribution in [0.25, 0.3) is 6.08 Å². The number of carbonyl (C=O) groups excluding carboxylic acids is 1. The molecule has 2 heteroatoms. The molecule has 0 bridgehead atoms. The fraction of sp³-hybridized carbons (Fsp3) is 0.389. The second-order valence-corrected chi connectivity index (χ2v) is 5.34. The lowest BCUT2D eigenvalue weighted by Crippen LogP contribution is -2.24. The van der Waals surface area contributed by atoms with Gasteiger partial charge in [0.25, 0.3) is 5.91 Å².